The number of hydrogen-bond donors (Lipinski definition) is 0. The van der Waals surface area contributed by atoms with E-state index in [9.17, 15) is 4.79 Å². The first-order chi connectivity index (χ1) is 12.2. The molecule has 0 unspecified atom stereocenters. The molecule has 0 aliphatic carbocycles. The van der Waals surface area contributed by atoms with E-state index >= 15 is 0 Å². The molecule has 0 saturated carbocycles. The molecule has 2 aliphatic heterocycles. The van der Waals surface area contributed by atoms with Crippen molar-refractivity contribution in [3.05, 3.63) is 47.5 Å². The maximum absolute atomic E-state index is 13.1. The topological polar surface area (TPSA) is 23.6 Å². The highest BCUT2D eigenvalue weighted by atomic mass is 35.5. The van der Waals surface area contributed by atoms with Crippen molar-refractivity contribution in [3.63, 3.8) is 0 Å². The molecule has 4 rings (SSSR count). The highest BCUT2D eigenvalue weighted by Crippen LogP contribution is 2.48. The van der Waals surface area contributed by atoms with Crippen LogP contribution in [0.2, 0.25) is 5.02 Å². The minimum absolute atomic E-state index is 0.141. The lowest BCUT2D eigenvalue weighted by Crippen LogP contribution is -2.35. The number of anilines is 2. The van der Waals surface area contributed by atoms with Crippen molar-refractivity contribution in [1.29, 1.82) is 0 Å². The Morgan fingerprint density at radius 3 is 2.60 bits per heavy atom. The van der Waals surface area contributed by atoms with Gasteiger partial charge in [0.25, 0.3) is 0 Å². The second kappa shape index (κ2) is 7.40. The second-order valence-electron chi connectivity index (χ2n) is 6.56. The van der Waals surface area contributed by atoms with Gasteiger partial charge in [0.15, 0.2) is 0 Å². The normalized spacial score (nSPS) is 17.1. The molecule has 2 aromatic carbocycles. The average Bonchev–Trinajstić information content (AvgIpc) is 2.65. The molecule has 0 bridgehead atoms. The molecule has 0 spiro atoms. The van der Waals surface area contributed by atoms with Crippen LogP contribution in [0.5, 0.6) is 0 Å². The van der Waals surface area contributed by atoms with Crippen LogP contribution < -0.4 is 4.90 Å². The van der Waals surface area contributed by atoms with Crippen LogP contribution in [0.4, 0.5) is 11.4 Å². The first-order valence-corrected chi connectivity index (χ1v) is 10.0. The first kappa shape index (κ1) is 17.0. The van der Waals surface area contributed by atoms with Crippen LogP contribution in [0, 0.1) is 0 Å². The Bertz CT molecular complexity index is 789. The molecule has 0 N–H and O–H groups in total. The molecule has 0 atom stereocenters. The van der Waals surface area contributed by atoms with E-state index in [1.807, 2.05) is 41.3 Å². The van der Waals surface area contributed by atoms with E-state index in [0.717, 1.165) is 40.8 Å². The van der Waals surface area contributed by atoms with Crippen molar-refractivity contribution < 1.29 is 4.79 Å². The molecular formula is C20H21ClN2OS. The number of amides is 1. The SMILES string of the molecule is O=C(CCN1CCCCC1)N1c2ccccc2Sc2ccc(Cl)cc21. The average molecular weight is 373 g/mol. The zero-order valence-electron chi connectivity index (χ0n) is 14.1. The minimum atomic E-state index is 0.141. The highest BCUT2D eigenvalue weighted by Gasteiger charge is 2.28. The number of fused-ring (bicyclic) bond motifs is 2. The smallest absolute Gasteiger partial charge is 0.232 e. The highest BCUT2D eigenvalue weighted by molar-refractivity contribution is 7.99. The third kappa shape index (κ3) is 3.57. The van der Waals surface area contributed by atoms with Gasteiger partial charge in [-0.2, -0.15) is 0 Å². The maximum atomic E-state index is 13.1. The summed E-state index contributed by atoms with van der Waals surface area (Å²) in [7, 11) is 0. The summed E-state index contributed by atoms with van der Waals surface area (Å²) >= 11 is 7.91. The summed E-state index contributed by atoms with van der Waals surface area (Å²) in [5.74, 6) is 0.141. The molecule has 0 radical (unpaired) electrons. The monoisotopic (exact) mass is 372 g/mol. The summed E-state index contributed by atoms with van der Waals surface area (Å²) < 4.78 is 0. The molecule has 2 heterocycles. The molecule has 25 heavy (non-hydrogen) atoms. The number of nitrogens with zero attached hydrogens (tertiary/aromatic N) is 2. The fourth-order valence-electron chi connectivity index (χ4n) is 3.55. The maximum Gasteiger partial charge on any atom is 0.232 e. The lowest BCUT2D eigenvalue weighted by Gasteiger charge is -2.32. The van der Waals surface area contributed by atoms with Gasteiger partial charge in [-0.15, -0.1) is 0 Å². The molecule has 5 heteroatoms. The van der Waals surface area contributed by atoms with Gasteiger partial charge in [-0.25, -0.2) is 0 Å². The van der Waals surface area contributed by atoms with Gasteiger partial charge in [0, 0.05) is 27.8 Å². The largest absolute Gasteiger partial charge is 0.303 e. The Morgan fingerprint density at radius 2 is 1.76 bits per heavy atom. The van der Waals surface area contributed by atoms with Crippen molar-refractivity contribution in [1.82, 2.24) is 4.90 Å². The van der Waals surface area contributed by atoms with E-state index in [0.29, 0.717) is 11.4 Å². The van der Waals surface area contributed by atoms with Gasteiger partial charge in [-0.3, -0.25) is 9.69 Å². The van der Waals surface area contributed by atoms with E-state index in [4.69, 9.17) is 11.6 Å². The molecule has 2 aliphatic rings. The Kier molecular flexibility index (Phi) is 5.02. The fraction of sp³-hybridized carbons (Fsp3) is 0.350. The van der Waals surface area contributed by atoms with Crippen LogP contribution >= 0.6 is 23.4 Å². The van der Waals surface area contributed by atoms with E-state index in [1.54, 1.807) is 11.8 Å². The zero-order chi connectivity index (χ0) is 17.2. The Balaban J connectivity index is 1.61. The van der Waals surface area contributed by atoms with Gasteiger partial charge in [0.1, 0.15) is 0 Å². The van der Waals surface area contributed by atoms with E-state index in [1.165, 1.54) is 19.3 Å². The quantitative estimate of drug-likeness (QED) is 0.726. The lowest BCUT2D eigenvalue weighted by atomic mass is 10.1. The third-order valence-electron chi connectivity index (χ3n) is 4.83. The Morgan fingerprint density at radius 1 is 1.00 bits per heavy atom. The van der Waals surface area contributed by atoms with Gasteiger partial charge < -0.3 is 4.90 Å². The van der Waals surface area contributed by atoms with Crippen molar-refractivity contribution in [3.8, 4) is 0 Å². The number of halogens is 1. The van der Waals surface area contributed by atoms with Crippen LogP contribution in [-0.4, -0.2) is 30.4 Å². The number of piperidine rings is 1. The van der Waals surface area contributed by atoms with Crippen molar-refractivity contribution >= 4 is 40.6 Å². The summed E-state index contributed by atoms with van der Waals surface area (Å²) in [6.45, 7) is 3.06. The predicted octanol–water partition coefficient (Wildman–Crippen LogP) is 5.35. The predicted molar refractivity (Wildman–Crippen MR) is 104 cm³/mol. The molecule has 1 amide bonds. The second-order valence-corrected chi connectivity index (χ2v) is 8.08. The number of benzene rings is 2. The number of para-hydroxylation sites is 1. The molecule has 1 saturated heterocycles. The van der Waals surface area contributed by atoms with Crippen LogP contribution in [0.15, 0.2) is 52.3 Å². The van der Waals surface area contributed by atoms with Crippen LogP contribution in [0.25, 0.3) is 0 Å². The number of carbonyl (C=O) groups excluding carboxylic acids is 1. The molecule has 2 aromatic rings. The first-order valence-electron chi connectivity index (χ1n) is 8.84. The summed E-state index contributed by atoms with van der Waals surface area (Å²) in [6.07, 6.45) is 4.34. The molecule has 1 fully saturated rings. The molecule has 130 valence electrons. The van der Waals surface area contributed by atoms with Gasteiger partial charge in [0.2, 0.25) is 5.91 Å². The van der Waals surface area contributed by atoms with Crippen molar-refractivity contribution in [2.24, 2.45) is 0 Å². The van der Waals surface area contributed by atoms with Gasteiger partial charge in [-0.05, 0) is 56.3 Å². The van der Waals surface area contributed by atoms with Crippen molar-refractivity contribution in [2.75, 3.05) is 24.5 Å². The van der Waals surface area contributed by atoms with E-state index < -0.39 is 0 Å². The lowest BCUT2D eigenvalue weighted by molar-refractivity contribution is -0.118. The van der Waals surface area contributed by atoms with Gasteiger partial charge >= 0.3 is 0 Å². The standard InChI is InChI=1S/C20H21ClN2OS/c21-15-8-9-19-17(14-15)23(16-6-2-3-7-18(16)25-19)20(24)10-13-22-11-4-1-5-12-22/h2-3,6-9,14H,1,4-5,10-13H2. The van der Waals surface area contributed by atoms with Crippen LogP contribution in [-0.2, 0) is 4.79 Å². The summed E-state index contributed by atoms with van der Waals surface area (Å²) in [6, 6.07) is 13.9. The summed E-state index contributed by atoms with van der Waals surface area (Å²) in [5, 5.41) is 0.660. The minimum Gasteiger partial charge on any atom is -0.303 e. The van der Waals surface area contributed by atoms with Crippen LogP contribution in [0.3, 0.4) is 0 Å². The van der Waals surface area contributed by atoms with E-state index in [-0.39, 0.29) is 5.91 Å². The van der Waals surface area contributed by atoms with Gasteiger partial charge in [0.05, 0.1) is 11.4 Å². The number of hydrogen-bond acceptors (Lipinski definition) is 3. The Hall–Kier alpha value is -1.49. The third-order valence-corrected chi connectivity index (χ3v) is 6.19. The molecule has 3 nitrogen and oxygen atoms in total. The van der Waals surface area contributed by atoms with Crippen LogP contribution in [0.1, 0.15) is 25.7 Å². The van der Waals surface area contributed by atoms with E-state index in [2.05, 4.69) is 11.0 Å². The molecule has 0 aromatic heterocycles. The Labute approximate surface area is 158 Å². The number of likely N-dealkylation sites (tertiary alicyclic amines) is 1. The fourth-order valence-corrected chi connectivity index (χ4v) is 4.75. The van der Waals surface area contributed by atoms with Crippen molar-refractivity contribution in [2.45, 2.75) is 35.5 Å². The number of rotatable bonds is 3. The molecular weight excluding hydrogens is 352 g/mol. The van der Waals surface area contributed by atoms with Gasteiger partial charge in [-0.1, -0.05) is 41.9 Å². The zero-order valence-corrected chi connectivity index (χ0v) is 15.7. The number of carbonyl (C=O) groups is 1. The summed E-state index contributed by atoms with van der Waals surface area (Å²) in [5.41, 5.74) is 1.87. The summed E-state index contributed by atoms with van der Waals surface area (Å²) in [4.78, 5) is 19.6.